The van der Waals surface area contributed by atoms with E-state index in [1.807, 2.05) is 28.9 Å². The molecule has 0 aliphatic carbocycles. The number of carboxylic acid groups (broad SMARTS) is 1. The zero-order valence-electron chi connectivity index (χ0n) is 13.7. The Morgan fingerprint density at radius 3 is 2.67 bits per heavy atom. The molecule has 0 saturated carbocycles. The van der Waals surface area contributed by atoms with Crippen LogP contribution >= 0.6 is 0 Å². The van der Waals surface area contributed by atoms with Gasteiger partial charge in [0.25, 0.3) is 0 Å². The first-order valence-electron chi connectivity index (χ1n) is 7.89. The van der Waals surface area contributed by atoms with Crippen LogP contribution in [0.5, 0.6) is 0 Å². The molecule has 0 spiro atoms. The molecule has 2 heterocycles. The van der Waals surface area contributed by atoms with E-state index < -0.39 is 12.0 Å². The van der Waals surface area contributed by atoms with E-state index in [1.165, 1.54) is 0 Å². The van der Waals surface area contributed by atoms with Gasteiger partial charge in [0.1, 0.15) is 6.04 Å². The fourth-order valence-corrected chi connectivity index (χ4v) is 2.67. The van der Waals surface area contributed by atoms with Crippen molar-refractivity contribution in [1.82, 2.24) is 20.1 Å². The molecule has 0 fully saturated rings. The molecule has 3 rings (SSSR count). The molecule has 24 heavy (non-hydrogen) atoms. The van der Waals surface area contributed by atoms with E-state index in [2.05, 4.69) is 29.2 Å². The van der Waals surface area contributed by atoms with E-state index in [9.17, 15) is 9.90 Å². The number of benzene rings is 1. The van der Waals surface area contributed by atoms with E-state index in [4.69, 9.17) is 0 Å². The molecule has 0 saturated heterocycles. The molecular formula is C18H20N4O2. The lowest BCUT2D eigenvalue weighted by molar-refractivity contribution is -0.139. The van der Waals surface area contributed by atoms with Crippen molar-refractivity contribution >= 4 is 17.0 Å². The lowest BCUT2D eigenvalue weighted by Crippen LogP contribution is -2.28. The lowest BCUT2D eigenvalue weighted by atomic mass is 10.1. The van der Waals surface area contributed by atoms with Crippen molar-refractivity contribution in [2.75, 3.05) is 0 Å². The van der Waals surface area contributed by atoms with Gasteiger partial charge in [0, 0.05) is 24.2 Å². The van der Waals surface area contributed by atoms with Gasteiger partial charge in [0.2, 0.25) is 0 Å². The summed E-state index contributed by atoms with van der Waals surface area (Å²) in [5.41, 5.74) is 2.49. The first-order chi connectivity index (χ1) is 11.6. The average Bonchev–Trinajstić information content (AvgIpc) is 2.99. The molecule has 0 aliphatic rings. The van der Waals surface area contributed by atoms with E-state index in [0.29, 0.717) is 6.54 Å². The van der Waals surface area contributed by atoms with Crippen LogP contribution in [0.25, 0.3) is 11.0 Å². The Morgan fingerprint density at radius 1 is 1.25 bits per heavy atom. The normalized spacial score (nSPS) is 12.6. The number of hydrogen-bond acceptors (Lipinski definition) is 4. The number of rotatable bonds is 6. The van der Waals surface area contributed by atoms with Gasteiger partial charge in [0.05, 0.1) is 6.20 Å². The van der Waals surface area contributed by atoms with Crippen LogP contribution < -0.4 is 5.32 Å². The maximum atomic E-state index is 11.5. The highest BCUT2D eigenvalue weighted by molar-refractivity contribution is 5.76. The molecule has 6 nitrogen and oxygen atoms in total. The molecule has 0 bridgehead atoms. The number of nitrogens with zero attached hydrogens (tertiary/aromatic N) is 3. The van der Waals surface area contributed by atoms with Gasteiger partial charge >= 0.3 is 5.97 Å². The number of nitrogens with one attached hydrogen (secondary N) is 1. The molecule has 6 heteroatoms. The fraction of sp³-hybridized carbons (Fsp3) is 0.278. The topological polar surface area (TPSA) is 80.0 Å². The highest BCUT2D eigenvalue weighted by atomic mass is 16.4. The van der Waals surface area contributed by atoms with Gasteiger partial charge in [-0.1, -0.05) is 30.3 Å². The summed E-state index contributed by atoms with van der Waals surface area (Å²) in [7, 11) is 0. The van der Waals surface area contributed by atoms with Gasteiger partial charge in [0.15, 0.2) is 5.65 Å². The minimum Gasteiger partial charge on any atom is -0.480 e. The van der Waals surface area contributed by atoms with Crippen LogP contribution in [0.2, 0.25) is 0 Å². The molecule has 2 N–H and O–H groups in total. The lowest BCUT2D eigenvalue weighted by Gasteiger charge is -2.15. The van der Waals surface area contributed by atoms with Crippen LogP contribution in [0.15, 0.2) is 48.8 Å². The van der Waals surface area contributed by atoms with Gasteiger partial charge in [-0.15, -0.1) is 0 Å². The maximum Gasteiger partial charge on any atom is 0.325 e. The van der Waals surface area contributed by atoms with Crippen LogP contribution in [-0.4, -0.2) is 25.8 Å². The summed E-state index contributed by atoms with van der Waals surface area (Å²) in [5.74, 6) is -0.900. The van der Waals surface area contributed by atoms with Crippen LogP contribution in [0.1, 0.15) is 37.1 Å². The summed E-state index contributed by atoms with van der Waals surface area (Å²) in [5, 5.41) is 17.8. The summed E-state index contributed by atoms with van der Waals surface area (Å²) in [6.07, 6.45) is 3.55. The second-order valence-electron chi connectivity index (χ2n) is 6.00. The number of pyridine rings is 1. The van der Waals surface area contributed by atoms with E-state index in [1.54, 1.807) is 24.5 Å². The summed E-state index contributed by atoms with van der Waals surface area (Å²) < 4.78 is 1.87. The van der Waals surface area contributed by atoms with Gasteiger partial charge in [-0.3, -0.25) is 10.1 Å². The molecule has 3 aromatic rings. The molecule has 0 unspecified atom stereocenters. The van der Waals surface area contributed by atoms with Gasteiger partial charge in [-0.05, 0) is 31.0 Å². The third-order valence-corrected chi connectivity index (χ3v) is 3.87. The Bertz CT molecular complexity index is 843. The summed E-state index contributed by atoms with van der Waals surface area (Å²) in [6.45, 7) is 4.53. The summed E-state index contributed by atoms with van der Waals surface area (Å²) in [6, 6.07) is 10.6. The van der Waals surface area contributed by atoms with Crippen LogP contribution in [-0.2, 0) is 11.3 Å². The minimum absolute atomic E-state index is 0.244. The predicted octanol–water partition coefficient (Wildman–Crippen LogP) is 2.93. The molecule has 124 valence electrons. The average molecular weight is 324 g/mol. The zero-order valence-corrected chi connectivity index (χ0v) is 13.7. The number of carboxylic acids is 1. The molecule has 2 aromatic heterocycles. The van der Waals surface area contributed by atoms with Gasteiger partial charge in [-0.25, -0.2) is 9.67 Å². The third kappa shape index (κ3) is 3.28. The molecule has 0 amide bonds. The first kappa shape index (κ1) is 16.1. The minimum atomic E-state index is -0.900. The zero-order chi connectivity index (χ0) is 17.1. The Hall–Kier alpha value is -2.73. The Kier molecular flexibility index (Phi) is 4.57. The quantitative estimate of drug-likeness (QED) is 0.729. The van der Waals surface area contributed by atoms with E-state index in [-0.39, 0.29) is 6.04 Å². The van der Waals surface area contributed by atoms with Crippen LogP contribution in [0.4, 0.5) is 0 Å². The third-order valence-electron chi connectivity index (χ3n) is 3.87. The number of aliphatic carboxylic acids is 1. The molecule has 0 aliphatic heterocycles. The van der Waals surface area contributed by atoms with E-state index in [0.717, 1.165) is 22.2 Å². The predicted molar refractivity (Wildman–Crippen MR) is 91.6 cm³/mol. The number of hydrogen-bond donors (Lipinski definition) is 2. The molecule has 0 radical (unpaired) electrons. The highest BCUT2D eigenvalue weighted by Gasteiger charge is 2.19. The maximum absolute atomic E-state index is 11.5. The summed E-state index contributed by atoms with van der Waals surface area (Å²) in [4.78, 5) is 16.0. The number of fused-ring (bicyclic) bond motifs is 1. The van der Waals surface area contributed by atoms with Crippen molar-refractivity contribution in [3.05, 3.63) is 59.9 Å². The summed E-state index contributed by atoms with van der Waals surface area (Å²) >= 11 is 0. The van der Waals surface area contributed by atoms with Crippen molar-refractivity contribution < 1.29 is 9.90 Å². The number of aromatic nitrogens is 3. The van der Waals surface area contributed by atoms with Crippen molar-refractivity contribution in [2.45, 2.75) is 32.5 Å². The van der Waals surface area contributed by atoms with Crippen LogP contribution in [0.3, 0.4) is 0 Å². The standard InChI is InChI=1S/C18H20N4O2/c1-12(2)22-17-15(11-21-22)8-13(10-20-17)9-19-16(18(23)24)14-6-4-3-5-7-14/h3-8,10-12,16,19H,9H2,1-2H3,(H,23,24)/t16-/m1/s1. The Balaban J connectivity index is 1.78. The van der Waals surface area contributed by atoms with Crippen molar-refractivity contribution in [1.29, 1.82) is 0 Å². The Labute approximate surface area is 140 Å². The molecule has 1 aromatic carbocycles. The Morgan fingerprint density at radius 2 is 2.00 bits per heavy atom. The molecular weight excluding hydrogens is 304 g/mol. The number of carbonyl (C=O) groups is 1. The monoisotopic (exact) mass is 324 g/mol. The second kappa shape index (κ2) is 6.80. The van der Waals surface area contributed by atoms with Crippen LogP contribution in [0, 0.1) is 0 Å². The molecule has 1 atom stereocenters. The fourth-order valence-electron chi connectivity index (χ4n) is 2.67. The van der Waals surface area contributed by atoms with Gasteiger partial charge < -0.3 is 5.11 Å². The largest absolute Gasteiger partial charge is 0.480 e. The van der Waals surface area contributed by atoms with Crippen molar-refractivity contribution in [3.8, 4) is 0 Å². The van der Waals surface area contributed by atoms with E-state index >= 15 is 0 Å². The highest BCUT2D eigenvalue weighted by Crippen LogP contribution is 2.18. The van der Waals surface area contributed by atoms with Crippen molar-refractivity contribution in [3.63, 3.8) is 0 Å². The smallest absolute Gasteiger partial charge is 0.325 e. The SMILES string of the molecule is CC(C)n1ncc2cc(CN[C@@H](C(=O)O)c3ccccc3)cnc21. The first-order valence-corrected chi connectivity index (χ1v) is 7.89. The van der Waals surface area contributed by atoms with Crippen molar-refractivity contribution in [2.24, 2.45) is 0 Å². The van der Waals surface area contributed by atoms with Gasteiger partial charge in [-0.2, -0.15) is 5.10 Å². The second-order valence-corrected chi connectivity index (χ2v) is 6.00.